The molecule has 5 heterocycles. The highest BCUT2D eigenvalue weighted by Crippen LogP contribution is 2.54. The van der Waals surface area contributed by atoms with E-state index in [4.69, 9.17) is 9.47 Å². The maximum atomic E-state index is 14.2. The fourth-order valence-electron chi connectivity index (χ4n) is 12.6. The number of nitrogens with zero attached hydrogens (tertiary/aromatic N) is 5. The molecule has 2 saturated carbocycles. The van der Waals surface area contributed by atoms with Gasteiger partial charge in [0.1, 0.15) is 34.5 Å². The predicted octanol–water partition coefficient (Wildman–Crippen LogP) is 12.9. The molecule has 104 heavy (non-hydrogen) atoms. The summed E-state index contributed by atoms with van der Waals surface area (Å²) in [4.78, 5) is 28.0. The number of likely N-dealkylation sites (tertiary alicyclic amines) is 2. The van der Waals surface area contributed by atoms with Crippen LogP contribution < -0.4 is 9.47 Å². The van der Waals surface area contributed by atoms with Crippen molar-refractivity contribution >= 4 is 104 Å². The van der Waals surface area contributed by atoms with Gasteiger partial charge >= 0.3 is 44.3 Å². The Kier molecular flexibility index (Phi) is 29.5. The number of rotatable bonds is 21. The van der Waals surface area contributed by atoms with Crippen molar-refractivity contribution in [3.05, 3.63) is 62.9 Å². The fraction of sp³-hybridized carbons (Fsp3) is 0.710. The zero-order valence-corrected chi connectivity index (χ0v) is 63.1. The van der Waals surface area contributed by atoms with Crippen LogP contribution in [0, 0.1) is 5.92 Å². The minimum absolute atomic E-state index is 0.130. The Morgan fingerprint density at radius 3 is 1.37 bits per heavy atom. The average molecular weight is 1660 g/mol. The summed E-state index contributed by atoms with van der Waals surface area (Å²) in [7, 11) is -37.6. The third-order valence-corrected chi connectivity index (χ3v) is 32.7. The van der Waals surface area contributed by atoms with Crippen molar-refractivity contribution in [1.82, 2.24) is 14.1 Å². The Hall–Kier alpha value is -4.17. The van der Waals surface area contributed by atoms with Gasteiger partial charge in [-0.15, -0.1) is 0 Å². The summed E-state index contributed by atoms with van der Waals surface area (Å²) in [6.07, 6.45) is 23.6. The lowest BCUT2D eigenvalue weighted by atomic mass is 9.90. The highest BCUT2D eigenvalue weighted by atomic mass is 32.3. The molecule has 0 bridgehead atoms. The minimum atomic E-state index is -7.86. The van der Waals surface area contributed by atoms with E-state index in [1.165, 1.54) is 118 Å². The van der Waals surface area contributed by atoms with Crippen molar-refractivity contribution in [1.29, 1.82) is 0 Å². The topological polar surface area (TPSA) is 295 Å². The number of sulfone groups is 1. The van der Waals surface area contributed by atoms with Crippen LogP contribution in [-0.2, 0) is 91.3 Å². The maximum Gasteiger partial charge on any atom is 0.480 e. The van der Waals surface area contributed by atoms with E-state index in [1.807, 2.05) is 12.1 Å². The number of amides is 2. The smallest absolute Gasteiger partial charge is 0.480 e. The summed E-state index contributed by atoms with van der Waals surface area (Å²) in [5, 5.41) is -23.1. The highest BCUT2D eigenvalue weighted by molar-refractivity contribution is 8.14. The molecule has 5 aliphatic heterocycles. The average Bonchev–Trinajstić information content (AvgIpc) is 0.750. The Balaban J connectivity index is 0.000000196. The van der Waals surface area contributed by atoms with E-state index < -0.39 is 117 Å². The van der Waals surface area contributed by atoms with Crippen molar-refractivity contribution in [2.75, 3.05) is 75.1 Å². The predicted molar refractivity (Wildman–Crippen MR) is 365 cm³/mol. The Morgan fingerprint density at radius 1 is 0.471 bits per heavy atom. The van der Waals surface area contributed by atoms with E-state index >= 15 is 0 Å². The summed E-state index contributed by atoms with van der Waals surface area (Å²) >= 11 is 0. The number of piperidine rings is 3. The zero-order valence-electron chi connectivity index (χ0n) is 56.5. The molecule has 3 aromatic rings. The first-order chi connectivity index (χ1) is 48.3. The summed E-state index contributed by atoms with van der Waals surface area (Å²) in [6.45, 7) is -1.47. The van der Waals surface area contributed by atoms with Gasteiger partial charge in [0.25, 0.3) is 10.0 Å². The van der Waals surface area contributed by atoms with Crippen LogP contribution in [0.15, 0.2) is 69.3 Å². The number of carbonyl (C=O) groups excluding carboxylic acids is 2. The number of sulfonamides is 5. The summed E-state index contributed by atoms with van der Waals surface area (Å²) in [6, 6.07) is 18.9. The second-order valence-corrected chi connectivity index (χ2v) is 41.5. The largest absolute Gasteiger partial charge is 0.493 e. The molecule has 0 spiro atoms. The molecule has 10 rings (SSSR count). The summed E-state index contributed by atoms with van der Waals surface area (Å²) < 4.78 is 329. The molecular weight excluding hydrogens is 1570 g/mol. The monoisotopic (exact) mass is 1660 g/mol. The quantitative estimate of drug-likeness (QED) is 0.0707. The van der Waals surface area contributed by atoms with Gasteiger partial charge in [-0.2, -0.15) is 61.4 Å². The summed E-state index contributed by atoms with van der Waals surface area (Å²) in [5.74, 6) is -4.02. The van der Waals surface area contributed by atoms with Gasteiger partial charge in [-0.05, 0) is 170 Å². The van der Waals surface area contributed by atoms with Gasteiger partial charge in [-0.3, -0.25) is 9.59 Å². The van der Waals surface area contributed by atoms with Gasteiger partial charge in [-0.1, -0.05) is 44.2 Å². The van der Waals surface area contributed by atoms with Gasteiger partial charge in [-0.25, -0.2) is 50.5 Å². The van der Waals surface area contributed by atoms with E-state index in [0.29, 0.717) is 68.2 Å². The second kappa shape index (κ2) is 35.2. The minimum Gasteiger partial charge on any atom is -0.493 e. The van der Waals surface area contributed by atoms with E-state index in [2.05, 4.69) is 36.4 Å². The van der Waals surface area contributed by atoms with E-state index in [9.17, 15) is 117 Å². The first-order valence-corrected chi connectivity index (χ1v) is 46.0. The number of ether oxygens (including phenoxy) is 2. The molecule has 3 aromatic carbocycles. The highest BCUT2D eigenvalue weighted by Gasteiger charge is 2.81. The fourth-order valence-corrected chi connectivity index (χ4v) is 24.6. The van der Waals surface area contributed by atoms with Crippen molar-refractivity contribution in [3.63, 3.8) is 0 Å². The number of carbonyl (C=O) groups is 2. The maximum absolute atomic E-state index is 14.2. The van der Waals surface area contributed by atoms with E-state index in [-0.39, 0.29) is 66.7 Å². The standard InChI is InChI=1S/C22H29O3S2.C17H25OS.C14H20F4N3O6S2.C9H10F9N2O6S3/c1-27(23,24)21-12-8-11-18-19(25-17-9-4-2-5-10-17)13-14-20(22(18)21)26-15-6-3-7-16-26;1-2-6-15(7-3-1)14-18-16-8-10-17(11-9-16)19-12-4-5-13-19;15-13(16,11(22)20-7-3-1-4-8-20)28(24,25)19-29(26,27)14(17,18)12(23)21-9-5-2-6-10-21;10-6(11,8(14,15)29(25,26)20-4-2-1-3-5-20)7(12,13)27(21,22)19-28(23,24)9(16,17)18/h8,11-14,17H,2-7,9-10,15-16H2,1H3;8-11,15H,1-7,12-14H2;1-10H2;1-5H2/q2*+1;2*-1. The first-order valence-electron chi connectivity index (χ1n) is 33.8. The van der Waals surface area contributed by atoms with Gasteiger partial charge in [0.2, 0.25) is 0 Å². The van der Waals surface area contributed by atoms with Gasteiger partial charge in [0, 0.05) is 72.7 Å². The normalized spacial score (nSPS) is 20.1. The molecule has 592 valence electrons. The molecule has 21 nitrogen and oxygen atoms in total. The van der Waals surface area contributed by atoms with Gasteiger partial charge < -0.3 is 27.5 Å². The molecule has 2 aliphatic carbocycles. The van der Waals surface area contributed by atoms with Gasteiger partial charge in [0.15, 0.2) is 59.7 Å². The van der Waals surface area contributed by atoms with Crippen molar-refractivity contribution in [3.8, 4) is 11.5 Å². The third kappa shape index (κ3) is 20.4. The van der Waals surface area contributed by atoms with Crippen LogP contribution in [0.25, 0.3) is 19.0 Å². The third-order valence-electron chi connectivity index (χ3n) is 18.3. The van der Waals surface area contributed by atoms with Crippen LogP contribution in [0.4, 0.5) is 57.1 Å². The van der Waals surface area contributed by atoms with Crippen LogP contribution in [0.1, 0.15) is 154 Å². The molecule has 7 fully saturated rings. The molecular formula is C62H84F13N5O16S8. The van der Waals surface area contributed by atoms with E-state index in [1.54, 1.807) is 15.1 Å². The Morgan fingerprint density at radius 2 is 0.894 bits per heavy atom. The number of alkyl halides is 13. The lowest BCUT2D eigenvalue weighted by Gasteiger charge is -2.38. The number of hydrogen-bond donors (Lipinski definition) is 0. The lowest BCUT2D eigenvalue weighted by Crippen LogP contribution is -2.63. The van der Waals surface area contributed by atoms with Crippen LogP contribution >= 0.6 is 0 Å². The molecule has 7 aliphatic rings. The number of fused-ring (bicyclic) bond motifs is 1. The molecule has 5 saturated heterocycles. The molecule has 0 atom stereocenters. The van der Waals surface area contributed by atoms with Gasteiger partial charge in [0.05, 0.1) is 23.0 Å². The van der Waals surface area contributed by atoms with Crippen LogP contribution in [-0.4, -0.2) is 190 Å². The van der Waals surface area contributed by atoms with Crippen LogP contribution in [0.2, 0.25) is 0 Å². The zero-order chi connectivity index (χ0) is 77.2. The Labute approximate surface area is 604 Å². The van der Waals surface area contributed by atoms with Crippen molar-refractivity contribution in [2.45, 2.75) is 207 Å². The lowest BCUT2D eigenvalue weighted by molar-refractivity contribution is -0.244. The summed E-state index contributed by atoms with van der Waals surface area (Å²) in [5.41, 5.74) is -6.66. The number of hydrogen-bond acceptors (Lipinski definition) is 16. The SMILES string of the molecule is CS(=O)(=O)c1cccc2c(OC3CCCCC3)ccc([S+]3CCCCC3)c12.O=C(N1CCCCC1)C(F)(F)S(=O)(=O)[N-]S(=O)(=O)C(F)(F)C(=O)N1CCCCC1.O=S(=O)([N-]S(=O)(=O)C(F)(F)C(F)(F)C(F)(F)S(=O)(=O)N1CCCCC1)C(F)(F)F.c1cc([S+]2CCCC2)ccc1OCC1CCCCC1. The second-order valence-electron chi connectivity index (χ2n) is 26.1. The van der Waals surface area contributed by atoms with Crippen LogP contribution in [0.3, 0.4) is 0 Å². The first kappa shape index (κ1) is 87.1. The number of halogens is 13. The van der Waals surface area contributed by atoms with Crippen molar-refractivity contribution < 1.29 is 127 Å². The molecule has 2 amide bonds. The molecule has 0 aromatic heterocycles. The van der Waals surface area contributed by atoms with Crippen molar-refractivity contribution in [2.24, 2.45) is 5.92 Å². The molecule has 0 radical (unpaired) electrons. The van der Waals surface area contributed by atoms with Crippen LogP contribution in [0.5, 0.6) is 11.5 Å². The Bertz CT molecular complexity index is 4060. The molecule has 0 unspecified atom stereocenters. The van der Waals surface area contributed by atoms with E-state index in [0.717, 1.165) is 47.6 Å². The number of benzene rings is 3. The molecule has 0 N–H and O–H groups in total. The molecule has 42 heteroatoms.